The van der Waals surface area contributed by atoms with Crippen LogP contribution in [0.4, 0.5) is 17.6 Å². The van der Waals surface area contributed by atoms with Gasteiger partial charge in [0.1, 0.15) is 23.8 Å². The fourth-order valence-electron chi connectivity index (χ4n) is 3.55. The lowest BCUT2D eigenvalue weighted by atomic mass is 9.98. The second-order valence-corrected chi connectivity index (χ2v) is 9.59. The number of benzene rings is 3. The van der Waals surface area contributed by atoms with Crippen molar-refractivity contribution in [3.8, 4) is 11.1 Å². The lowest BCUT2D eigenvalue weighted by molar-refractivity contribution is -0.137. The largest absolute Gasteiger partial charge is 0.611 e. The van der Waals surface area contributed by atoms with Gasteiger partial charge in [-0.25, -0.2) is 9.37 Å². The highest BCUT2D eigenvalue weighted by molar-refractivity contribution is 7.91. The van der Waals surface area contributed by atoms with E-state index in [1.54, 1.807) is 24.3 Å². The molecule has 10 heteroatoms. The van der Waals surface area contributed by atoms with E-state index in [-0.39, 0.29) is 26.9 Å². The summed E-state index contributed by atoms with van der Waals surface area (Å²) < 4.78 is 64.9. The maximum absolute atomic E-state index is 13.5. The molecule has 1 atom stereocenters. The Balaban J connectivity index is 1.70. The summed E-state index contributed by atoms with van der Waals surface area (Å²) in [6, 6.07) is 13.5. The minimum absolute atomic E-state index is 0.0219. The minimum Gasteiger partial charge on any atom is -0.611 e. The molecule has 0 amide bonds. The second kappa shape index (κ2) is 9.54. The van der Waals surface area contributed by atoms with E-state index in [1.165, 1.54) is 24.3 Å². The fraction of sp³-hybridized carbons (Fsp3) is 0.174. The van der Waals surface area contributed by atoms with Crippen LogP contribution in [0.2, 0.25) is 10.0 Å². The fourth-order valence-corrected chi connectivity index (χ4v) is 5.07. The van der Waals surface area contributed by atoms with Crippen molar-refractivity contribution in [2.45, 2.75) is 17.5 Å². The van der Waals surface area contributed by atoms with Gasteiger partial charge < -0.3 is 9.54 Å². The molecule has 1 aromatic heterocycles. The van der Waals surface area contributed by atoms with Crippen LogP contribution in [-0.2, 0) is 23.8 Å². The molecule has 0 spiro atoms. The first kappa shape index (κ1) is 23.9. The molecule has 4 rings (SSSR count). The van der Waals surface area contributed by atoms with Gasteiger partial charge >= 0.3 is 6.18 Å². The highest BCUT2D eigenvalue weighted by atomic mass is 35.5. The van der Waals surface area contributed by atoms with E-state index in [0.717, 1.165) is 11.6 Å². The van der Waals surface area contributed by atoms with Crippen LogP contribution in [0.5, 0.6) is 0 Å². The quantitative estimate of drug-likeness (QED) is 0.218. The second-order valence-electron chi connectivity index (χ2n) is 7.23. The number of imidazole rings is 1. The monoisotopic (exact) mass is 514 g/mol. The van der Waals surface area contributed by atoms with E-state index in [2.05, 4.69) is 9.97 Å². The van der Waals surface area contributed by atoms with E-state index in [9.17, 15) is 22.1 Å². The third-order valence-corrected chi connectivity index (χ3v) is 7.03. The van der Waals surface area contributed by atoms with Crippen molar-refractivity contribution >= 4 is 45.4 Å². The predicted molar refractivity (Wildman–Crippen MR) is 123 cm³/mol. The van der Waals surface area contributed by atoms with Crippen LogP contribution in [0.15, 0.2) is 59.5 Å². The molecule has 3 aromatic carbocycles. The highest BCUT2D eigenvalue weighted by Gasteiger charge is 2.34. The molecule has 0 saturated carbocycles. The molecule has 0 bridgehead atoms. The number of rotatable bonds is 6. The Morgan fingerprint density at radius 3 is 2.39 bits per heavy atom. The first-order valence-corrected chi connectivity index (χ1v) is 11.8. The summed E-state index contributed by atoms with van der Waals surface area (Å²) in [4.78, 5) is 8.10. The number of H-pyrrole nitrogens is 1. The van der Waals surface area contributed by atoms with Crippen LogP contribution in [0.1, 0.15) is 17.0 Å². The number of aromatic amines is 1. The van der Waals surface area contributed by atoms with Crippen LogP contribution < -0.4 is 0 Å². The van der Waals surface area contributed by atoms with Gasteiger partial charge in [0.05, 0.1) is 21.1 Å². The van der Waals surface area contributed by atoms with Gasteiger partial charge in [0.25, 0.3) is 0 Å². The number of hydrogen-bond donors (Lipinski definition) is 1. The third-order valence-electron chi connectivity index (χ3n) is 5.04. The third kappa shape index (κ3) is 4.99. The number of fused-ring (bicyclic) bond motifs is 1. The Labute approximate surface area is 199 Å². The maximum atomic E-state index is 13.5. The van der Waals surface area contributed by atoms with Crippen molar-refractivity contribution in [2.75, 3.05) is 12.4 Å². The first-order valence-electron chi connectivity index (χ1n) is 9.75. The molecule has 1 heterocycles. The van der Waals surface area contributed by atoms with Gasteiger partial charge in [0.15, 0.2) is 4.90 Å². The van der Waals surface area contributed by atoms with Gasteiger partial charge in [-0.05, 0) is 46.6 Å². The Hall–Kier alpha value is -2.26. The van der Waals surface area contributed by atoms with Gasteiger partial charge in [0, 0.05) is 12.0 Å². The first-order chi connectivity index (χ1) is 15.7. The summed E-state index contributed by atoms with van der Waals surface area (Å²) in [5, 5.41) is 0.0905. The molecule has 0 saturated heterocycles. The average molecular weight is 515 g/mol. The van der Waals surface area contributed by atoms with Crippen LogP contribution in [0, 0.1) is 0 Å². The molecule has 1 unspecified atom stereocenters. The van der Waals surface area contributed by atoms with Crippen molar-refractivity contribution in [3.63, 3.8) is 0 Å². The van der Waals surface area contributed by atoms with Gasteiger partial charge in [0.2, 0.25) is 0 Å². The Morgan fingerprint density at radius 2 is 1.73 bits per heavy atom. The molecule has 1 N–H and O–H groups in total. The van der Waals surface area contributed by atoms with E-state index in [0.29, 0.717) is 28.2 Å². The van der Waals surface area contributed by atoms with Crippen molar-refractivity contribution in [2.24, 2.45) is 0 Å². The highest BCUT2D eigenvalue weighted by Crippen LogP contribution is 2.44. The van der Waals surface area contributed by atoms with Gasteiger partial charge in [-0.2, -0.15) is 13.2 Å². The van der Waals surface area contributed by atoms with Gasteiger partial charge in [-0.3, -0.25) is 0 Å². The van der Waals surface area contributed by atoms with E-state index < -0.39 is 29.6 Å². The lowest BCUT2D eigenvalue weighted by Gasteiger charge is -2.15. The molecule has 0 aliphatic rings. The lowest BCUT2D eigenvalue weighted by Crippen LogP contribution is -2.08. The topological polar surface area (TPSA) is 51.7 Å². The summed E-state index contributed by atoms with van der Waals surface area (Å²) in [6.07, 6.45) is -4.21. The maximum Gasteiger partial charge on any atom is 0.417 e. The Bertz CT molecular complexity index is 1290. The number of alkyl halides is 4. The van der Waals surface area contributed by atoms with Gasteiger partial charge in [-0.1, -0.05) is 53.5 Å². The smallest absolute Gasteiger partial charge is 0.417 e. The van der Waals surface area contributed by atoms with Crippen molar-refractivity contribution in [1.29, 1.82) is 0 Å². The summed E-state index contributed by atoms with van der Waals surface area (Å²) in [5.74, 6) is 0.476. The molecular weight excluding hydrogens is 499 g/mol. The molecule has 0 radical (unpaired) electrons. The molecule has 0 fully saturated rings. The summed E-state index contributed by atoms with van der Waals surface area (Å²) in [7, 11) is 0. The number of aromatic nitrogens is 2. The van der Waals surface area contributed by atoms with Crippen LogP contribution in [0.3, 0.4) is 0 Å². The standard InChI is InChI=1S/C23H16Cl2F4N2OS/c24-17-12-18-22(21(25)20(17)15-3-1-2-4-16(15)23(27,28)29)31-19(30-18)11-13-5-7-14(8-6-13)33(32)10-9-26/h1-8,12H,9-11H2,(H,30,31). The zero-order chi connectivity index (χ0) is 23.8. The Kier molecular flexibility index (Phi) is 6.91. The number of nitrogens with zero attached hydrogens (tertiary/aromatic N) is 1. The number of hydrogen-bond acceptors (Lipinski definition) is 2. The molecule has 0 aliphatic carbocycles. The molecule has 0 aliphatic heterocycles. The van der Waals surface area contributed by atoms with Crippen molar-refractivity contribution < 1.29 is 22.1 Å². The summed E-state index contributed by atoms with van der Waals surface area (Å²) >= 11 is 11.5. The van der Waals surface area contributed by atoms with Crippen LogP contribution in [-0.4, -0.2) is 26.9 Å². The molecule has 3 nitrogen and oxygen atoms in total. The summed E-state index contributed by atoms with van der Waals surface area (Å²) in [5.41, 5.74) is 0.756. The van der Waals surface area contributed by atoms with Crippen molar-refractivity contribution in [1.82, 2.24) is 9.97 Å². The minimum atomic E-state index is -4.57. The SMILES string of the molecule is [O-][S+](CCF)c1ccc(Cc2nc3c(Cl)c(-c4ccccc4C(F)(F)F)c(Cl)cc3[nH]2)cc1. The number of halogens is 6. The van der Waals surface area contributed by atoms with Gasteiger partial charge in [-0.15, -0.1) is 0 Å². The number of nitrogens with one attached hydrogen (secondary N) is 1. The van der Waals surface area contributed by atoms with E-state index in [1.807, 2.05) is 0 Å². The van der Waals surface area contributed by atoms with Crippen LogP contribution in [0.25, 0.3) is 22.2 Å². The van der Waals surface area contributed by atoms with Crippen molar-refractivity contribution in [3.05, 3.63) is 81.6 Å². The molecule has 33 heavy (non-hydrogen) atoms. The van der Waals surface area contributed by atoms with E-state index >= 15 is 0 Å². The molecule has 4 aromatic rings. The normalized spacial score (nSPS) is 12.9. The predicted octanol–water partition coefficient (Wildman–Crippen LogP) is 7.22. The van der Waals surface area contributed by atoms with Crippen LogP contribution >= 0.6 is 23.2 Å². The van der Waals surface area contributed by atoms with E-state index in [4.69, 9.17) is 23.2 Å². The molecule has 172 valence electrons. The Morgan fingerprint density at radius 1 is 1.03 bits per heavy atom. The zero-order valence-corrected chi connectivity index (χ0v) is 19.2. The average Bonchev–Trinajstić information content (AvgIpc) is 3.16. The summed E-state index contributed by atoms with van der Waals surface area (Å²) in [6.45, 7) is -0.661. The molecular formula is C23H16Cl2F4N2OS. The zero-order valence-electron chi connectivity index (χ0n) is 16.8.